The minimum Gasteiger partial charge on any atom is -0.379 e. The van der Waals surface area contributed by atoms with Gasteiger partial charge in [-0.3, -0.25) is 14.7 Å². The summed E-state index contributed by atoms with van der Waals surface area (Å²) in [6.45, 7) is 7.81. The second kappa shape index (κ2) is 10.2. The van der Waals surface area contributed by atoms with Crippen LogP contribution < -0.4 is 0 Å². The Morgan fingerprint density at radius 2 is 1.82 bits per heavy atom. The summed E-state index contributed by atoms with van der Waals surface area (Å²) in [4.78, 5) is 22.9. The zero-order valence-electron chi connectivity index (χ0n) is 20.2. The average Bonchev–Trinajstić information content (AvgIpc) is 3.11. The Morgan fingerprint density at radius 1 is 1.03 bits per heavy atom. The molecule has 0 saturated carbocycles. The fraction of sp³-hybridized carbons (Fsp3) is 0.448. The number of ether oxygens (including phenoxy) is 1. The summed E-state index contributed by atoms with van der Waals surface area (Å²) in [6.07, 6.45) is 4.55. The molecule has 0 aliphatic carbocycles. The number of likely N-dealkylation sites (tertiary alicyclic amines) is 1. The van der Waals surface area contributed by atoms with E-state index in [-0.39, 0.29) is 11.3 Å². The summed E-state index contributed by atoms with van der Waals surface area (Å²) < 4.78 is 5.95. The fourth-order valence-corrected chi connectivity index (χ4v) is 5.47. The van der Waals surface area contributed by atoms with Crippen LogP contribution in [0.15, 0.2) is 66.9 Å². The number of pyridine rings is 1. The average molecular weight is 458 g/mol. The van der Waals surface area contributed by atoms with Crippen LogP contribution in [0.2, 0.25) is 0 Å². The standard InChI is InChI=1S/C29H35N3O2/c1-29(12-15-31(16-13-29)20-23-7-3-2-4-8-23)28(33)32-17-18-34-22-24(21-32)19-26-10-5-9-25-11-6-14-30-27(25)26/h2-11,14,24H,12-13,15-22H2,1H3. The highest BCUT2D eigenvalue weighted by atomic mass is 16.5. The quantitative estimate of drug-likeness (QED) is 0.564. The summed E-state index contributed by atoms with van der Waals surface area (Å²) in [7, 11) is 0. The van der Waals surface area contributed by atoms with Crippen molar-refractivity contribution in [2.75, 3.05) is 39.4 Å². The van der Waals surface area contributed by atoms with Crippen LogP contribution in [-0.4, -0.2) is 60.1 Å². The molecule has 3 aromatic rings. The lowest BCUT2D eigenvalue weighted by molar-refractivity contribution is -0.144. The second-order valence-corrected chi connectivity index (χ2v) is 10.2. The molecule has 34 heavy (non-hydrogen) atoms. The van der Waals surface area contributed by atoms with Crippen LogP contribution >= 0.6 is 0 Å². The highest BCUT2D eigenvalue weighted by molar-refractivity contribution is 5.83. The third-order valence-electron chi connectivity index (χ3n) is 7.57. The molecule has 1 amide bonds. The van der Waals surface area contributed by atoms with Gasteiger partial charge < -0.3 is 9.64 Å². The van der Waals surface area contributed by atoms with Crippen molar-refractivity contribution >= 4 is 16.8 Å². The van der Waals surface area contributed by atoms with Crippen LogP contribution in [0.1, 0.15) is 30.9 Å². The monoisotopic (exact) mass is 457 g/mol. The van der Waals surface area contributed by atoms with Gasteiger partial charge in [0, 0.05) is 42.6 Å². The minimum atomic E-state index is -0.289. The van der Waals surface area contributed by atoms with Crippen LogP contribution in [0.3, 0.4) is 0 Å². The summed E-state index contributed by atoms with van der Waals surface area (Å²) in [5.41, 5.74) is 3.35. The first-order valence-electron chi connectivity index (χ1n) is 12.6. The van der Waals surface area contributed by atoms with E-state index in [1.54, 1.807) is 0 Å². The van der Waals surface area contributed by atoms with Crippen molar-refractivity contribution < 1.29 is 9.53 Å². The predicted octanol–water partition coefficient (Wildman–Crippen LogP) is 4.55. The van der Waals surface area contributed by atoms with E-state index >= 15 is 0 Å². The molecule has 0 N–H and O–H groups in total. The SMILES string of the molecule is CC1(C(=O)N2CCOCC(Cc3cccc4cccnc34)C2)CCN(Cc2ccccc2)CC1. The van der Waals surface area contributed by atoms with Crippen molar-refractivity contribution in [1.29, 1.82) is 0 Å². The predicted molar refractivity (Wildman–Crippen MR) is 135 cm³/mol. The third-order valence-corrected chi connectivity index (χ3v) is 7.57. The Labute approximate surface area is 202 Å². The van der Waals surface area contributed by atoms with Gasteiger partial charge in [-0.1, -0.05) is 61.5 Å². The molecule has 2 saturated heterocycles. The number of carbonyl (C=O) groups is 1. The van der Waals surface area contributed by atoms with E-state index < -0.39 is 0 Å². The highest BCUT2D eigenvalue weighted by Gasteiger charge is 2.40. The maximum absolute atomic E-state index is 13.7. The van der Waals surface area contributed by atoms with Gasteiger partial charge in [-0.25, -0.2) is 0 Å². The molecular weight excluding hydrogens is 422 g/mol. The number of hydrogen-bond acceptors (Lipinski definition) is 4. The van der Waals surface area contributed by atoms with Gasteiger partial charge in [-0.05, 0) is 49.5 Å². The van der Waals surface area contributed by atoms with Gasteiger partial charge >= 0.3 is 0 Å². The van der Waals surface area contributed by atoms with E-state index in [1.807, 2.05) is 12.3 Å². The number of piperidine rings is 1. The Kier molecular flexibility index (Phi) is 6.93. The van der Waals surface area contributed by atoms with Gasteiger partial charge in [0.1, 0.15) is 0 Å². The van der Waals surface area contributed by atoms with Gasteiger partial charge in [-0.15, -0.1) is 0 Å². The number of benzene rings is 2. The number of amides is 1. The Bertz CT molecular complexity index is 1100. The molecule has 0 radical (unpaired) electrons. The molecule has 178 valence electrons. The molecular formula is C29H35N3O2. The lowest BCUT2D eigenvalue weighted by Gasteiger charge is -2.41. The summed E-state index contributed by atoms with van der Waals surface area (Å²) >= 11 is 0. The lowest BCUT2D eigenvalue weighted by Crippen LogP contribution is -2.50. The van der Waals surface area contributed by atoms with Crippen LogP contribution in [0, 0.1) is 11.3 Å². The first-order valence-corrected chi connectivity index (χ1v) is 12.6. The zero-order chi connectivity index (χ0) is 23.4. The van der Waals surface area contributed by atoms with Crippen LogP contribution in [0.4, 0.5) is 0 Å². The van der Waals surface area contributed by atoms with E-state index in [0.717, 1.165) is 56.3 Å². The van der Waals surface area contributed by atoms with Gasteiger partial charge in [-0.2, -0.15) is 0 Å². The molecule has 1 unspecified atom stereocenters. The number of fused-ring (bicyclic) bond motifs is 1. The molecule has 2 aliphatic heterocycles. The number of para-hydroxylation sites is 1. The van der Waals surface area contributed by atoms with Crippen LogP contribution in [0.25, 0.3) is 10.9 Å². The number of aromatic nitrogens is 1. The molecule has 2 fully saturated rings. The topological polar surface area (TPSA) is 45.7 Å². The van der Waals surface area contributed by atoms with Crippen molar-refractivity contribution in [2.45, 2.75) is 32.7 Å². The molecule has 1 atom stereocenters. The van der Waals surface area contributed by atoms with Gasteiger partial charge in [0.25, 0.3) is 0 Å². The van der Waals surface area contributed by atoms with Crippen LogP contribution in [-0.2, 0) is 22.5 Å². The van der Waals surface area contributed by atoms with E-state index in [0.29, 0.717) is 25.7 Å². The van der Waals surface area contributed by atoms with E-state index in [9.17, 15) is 4.79 Å². The van der Waals surface area contributed by atoms with Crippen LogP contribution in [0.5, 0.6) is 0 Å². The lowest BCUT2D eigenvalue weighted by atomic mass is 9.78. The van der Waals surface area contributed by atoms with Crippen molar-refractivity contribution in [1.82, 2.24) is 14.8 Å². The zero-order valence-corrected chi connectivity index (χ0v) is 20.2. The Morgan fingerprint density at radius 3 is 2.65 bits per heavy atom. The summed E-state index contributed by atoms with van der Waals surface area (Å²) in [5, 5.41) is 1.16. The van der Waals surface area contributed by atoms with Crippen molar-refractivity contribution in [2.24, 2.45) is 11.3 Å². The van der Waals surface area contributed by atoms with Gasteiger partial charge in [0.2, 0.25) is 5.91 Å². The second-order valence-electron chi connectivity index (χ2n) is 10.2. The molecule has 5 rings (SSSR count). The van der Waals surface area contributed by atoms with E-state index in [2.05, 4.69) is 76.3 Å². The Balaban J connectivity index is 1.23. The molecule has 2 aliphatic rings. The molecule has 5 nitrogen and oxygen atoms in total. The first-order chi connectivity index (χ1) is 16.6. The third kappa shape index (κ3) is 5.16. The maximum Gasteiger partial charge on any atom is 0.228 e. The first kappa shape index (κ1) is 23.0. The number of rotatable bonds is 5. The normalized spacial score (nSPS) is 21.3. The van der Waals surface area contributed by atoms with Crippen molar-refractivity contribution in [3.05, 3.63) is 78.0 Å². The number of hydrogen-bond donors (Lipinski definition) is 0. The molecule has 0 bridgehead atoms. The highest BCUT2D eigenvalue weighted by Crippen LogP contribution is 2.34. The summed E-state index contributed by atoms with van der Waals surface area (Å²) in [5.74, 6) is 0.583. The van der Waals surface area contributed by atoms with Gasteiger partial charge in [0.15, 0.2) is 0 Å². The van der Waals surface area contributed by atoms with E-state index in [4.69, 9.17) is 4.74 Å². The fourth-order valence-electron chi connectivity index (χ4n) is 5.47. The Hall–Kier alpha value is -2.76. The number of carbonyl (C=O) groups excluding carboxylic acids is 1. The smallest absolute Gasteiger partial charge is 0.228 e. The molecule has 5 heteroatoms. The summed E-state index contributed by atoms with van der Waals surface area (Å²) in [6, 6.07) is 21.1. The molecule has 1 aromatic heterocycles. The van der Waals surface area contributed by atoms with Crippen molar-refractivity contribution in [3.63, 3.8) is 0 Å². The van der Waals surface area contributed by atoms with E-state index in [1.165, 1.54) is 11.1 Å². The van der Waals surface area contributed by atoms with Gasteiger partial charge in [0.05, 0.1) is 18.7 Å². The van der Waals surface area contributed by atoms with Crippen molar-refractivity contribution in [3.8, 4) is 0 Å². The molecule has 3 heterocycles. The maximum atomic E-state index is 13.7. The minimum absolute atomic E-state index is 0.279. The largest absolute Gasteiger partial charge is 0.379 e. The molecule has 2 aromatic carbocycles. The number of nitrogens with zero attached hydrogens (tertiary/aromatic N) is 3. The molecule has 0 spiro atoms.